The third-order valence-electron chi connectivity index (χ3n) is 0.477. The Morgan fingerprint density at radius 2 is 2.29 bits per heavy atom. The van der Waals surface area contributed by atoms with Gasteiger partial charge in [0.25, 0.3) is 0 Å². The Morgan fingerprint density at radius 1 is 1.71 bits per heavy atom. The second kappa shape index (κ2) is 4.23. The zero-order valence-electron chi connectivity index (χ0n) is 4.68. The van der Waals surface area contributed by atoms with E-state index in [1.807, 2.05) is 6.92 Å². The van der Waals surface area contributed by atoms with Gasteiger partial charge in [0.15, 0.2) is 6.66 Å². The first-order valence-corrected chi connectivity index (χ1v) is 3.93. The second-order valence-corrected chi connectivity index (χ2v) is 2.41. The lowest BCUT2D eigenvalue weighted by molar-refractivity contribution is 0.332. The molecular formula is C4H10O2P+. The van der Waals surface area contributed by atoms with Crippen LogP contribution in [-0.2, 0) is 9.09 Å². The van der Waals surface area contributed by atoms with Gasteiger partial charge < -0.3 is 0 Å². The summed E-state index contributed by atoms with van der Waals surface area (Å²) in [7, 11) is -1.36. The van der Waals surface area contributed by atoms with Crippen molar-refractivity contribution < 1.29 is 9.09 Å². The van der Waals surface area contributed by atoms with Crippen LogP contribution in [0.25, 0.3) is 0 Å². The highest BCUT2D eigenvalue weighted by Gasteiger charge is 2.02. The predicted molar refractivity (Wildman–Crippen MR) is 29.8 cm³/mol. The number of hydrogen-bond acceptors (Lipinski definition) is 2. The van der Waals surface area contributed by atoms with Gasteiger partial charge in [0.05, 0.1) is 0 Å². The van der Waals surface area contributed by atoms with Gasteiger partial charge in [0.2, 0.25) is 0 Å². The molecule has 0 aliphatic carbocycles. The summed E-state index contributed by atoms with van der Waals surface area (Å²) in [6.07, 6.45) is 0.939. The summed E-state index contributed by atoms with van der Waals surface area (Å²) in [5, 5.41) is 0. The van der Waals surface area contributed by atoms with Crippen molar-refractivity contribution in [3.8, 4) is 0 Å². The fraction of sp³-hybridized carbons (Fsp3) is 1.00. The minimum absolute atomic E-state index is 0.617. The van der Waals surface area contributed by atoms with Crippen LogP contribution in [-0.4, -0.2) is 13.3 Å². The highest BCUT2D eigenvalue weighted by atomic mass is 31.1. The molecule has 0 amide bonds. The average Bonchev–Trinajstić information content (AvgIpc) is 1.61. The molecule has 2 nitrogen and oxygen atoms in total. The molecule has 0 aliphatic heterocycles. The first kappa shape index (κ1) is 7.06. The SMILES string of the molecule is CCCO[P+](C)=O. The van der Waals surface area contributed by atoms with Gasteiger partial charge in [-0.25, -0.2) is 0 Å². The molecule has 0 rings (SSSR count). The number of rotatable bonds is 3. The van der Waals surface area contributed by atoms with Gasteiger partial charge in [-0.2, -0.15) is 0 Å². The summed E-state index contributed by atoms with van der Waals surface area (Å²) in [5.41, 5.74) is 0. The van der Waals surface area contributed by atoms with Crippen LogP contribution < -0.4 is 0 Å². The van der Waals surface area contributed by atoms with Gasteiger partial charge in [-0.05, 0) is 11.0 Å². The van der Waals surface area contributed by atoms with E-state index < -0.39 is 8.03 Å². The van der Waals surface area contributed by atoms with Crippen LogP contribution in [0, 0.1) is 0 Å². The second-order valence-electron chi connectivity index (χ2n) is 1.27. The molecule has 42 valence electrons. The van der Waals surface area contributed by atoms with Crippen molar-refractivity contribution >= 4 is 8.03 Å². The zero-order valence-corrected chi connectivity index (χ0v) is 5.57. The maximum atomic E-state index is 10.1. The minimum atomic E-state index is -1.36. The Kier molecular flexibility index (Phi) is 4.26. The third-order valence-corrected chi connectivity index (χ3v) is 1.02. The van der Waals surface area contributed by atoms with Gasteiger partial charge in [-0.3, -0.25) is 0 Å². The Balaban J connectivity index is 2.82. The molecule has 0 aromatic heterocycles. The first-order valence-electron chi connectivity index (χ1n) is 2.31. The van der Waals surface area contributed by atoms with Crippen LogP contribution in [0.4, 0.5) is 0 Å². The average molecular weight is 121 g/mol. The summed E-state index contributed by atoms with van der Waals surface area (Å²) < 4.78 is 14.8. The maximum Gasteiger partial charge on any atom is 0.504 e. The van der Waals surface area contributed by atoms with E-state index in [2.05, 4.69) is 0 Å². The molecule has 0 aromatic carbocycles. The fourth-order valence-corrected chi connectivity index (χ4v) is 0.660. The molecule has 0 aliphatic rings. The lowest BCUT2D eigenvalue weighted by atomic mass is 10.5. The maximum absolute atomic E-state index is 10.1. The van der Waals surface area contributed by atoms with Crippen LogP contribution in [0.2, 0.25) is 0 Å². The quantitative estimate of drug-likeness (QED) is 0.532. The molecule has 0 bridgehead atoms. The van der Waals surface area contributed by atoms with Crippen LogP contribution in [0.15, 0.2) is 0 Å². The highest BCUT2D eigenvalue weighted by molar-refractivity contribution is 7.38. The molecule has 0 spiro atoms. The smallest absolute Gasteiger partial charge is 0.147 e. The summed E-state index contributed by atoms with van der Waals surface area (Å²) in [6, 6.07) is 0. The normalized spacial score (nSPS) is 11.4. The van der Waals surface area contributed by atoms with E-state index >= 15 is 0 Å². The number of hydrogen-bond donors (Lipinski definition) is 0. The minimum Gasteiger partial charge on any atom is -0.147 e. The van der Waals surface area contributed by atoms with Crippen LogP contribution >= 0.6 is 8.03 Å². The summed E-state index contributed by atoms with van der Waals surface area (Å²) in [5.74, 6) is 0. The standard InChI is InChI=1S/C4H10O2P/c1-3-4-6-7(2)5/h3-4H2,1-2H3/q+1. The Morgan fingerprint density at radius 3 is 2.43 bits per heavy atom. The van der Waals surface area contributed by atoms with Crippen molar-refractivity contribution in [3.05, 3.63) is 0 Å². The van der Waals surface area contributed by atoms with Gasteiger partial charge in [-0.1, -0.05) is 6.92 Å². The molecule has 0 heterocycles. The Labute approximate surface area is 44.7 Å². The van der Waals surface area contributed by atoms with Crippen LogP contribution in [0.3, 0.4) is 0 Å². The summed E-state index contributed by atoms with van der Waals surface area (Å²) in [4.78, 5) is 0. The zero-order chi connectivity index (χ0) is 5.70. The molecule has 0 saturated heterocycles. The first-order chi connectivity index (χ1) is 3.27. The van der Waals surface area contributed by atoms with Gasteiger partial charge in [0, 0.05) is 0 Å². The summed E-state index contributed by atoms with van der Waals surface area (Å²) in [6.45, 7) is 4.16. The molecule has 1 unspecified atom stereocenters. The van der Waals surface area contributed by atoms with Crippen molar-refractivity contribution in [1.29, 1.82) is 0 Å². The molecule has 1 atom stereocenters. The van der Waals surface area contributed by atoms with Crippen molar-refractivity contribution in [2.75, 3.05) is 13.3 Å². The van der Waals surface area contributed by atoms with E-state index in [9.17, 15) is 4.57 Å². The lowest BCUT2D eigenvalue weighted by Gasteiger charge is -1.78. The molecule has 7 heavy (non-hydrogen) atoms. The molecule has 0 N–H and O–H groups in total. The van der Waals surface area contributed by atoms with E-state index in [1.54, 1.807) is 6.66 Å². The van der Waals surface area contributed by atoms with E-state index in [1.165, 1.54) is 0 Å². The van der Waals surface area contributed by atoms with E-state index in [0.29, 0.717) is 6.61 Å². The van der Waals surface area contributed by atoms with Gasteiger partial charge in [-0.15, -0.1) is 4.52 Å². The molecular weight excluding hydrogens is 111 g/mol. The van der Waals surface area contributed by atoms with E-state index in [0.717, 1.165) is 6.42 Å². The Hall–Kier alpha value is 0.0600. The third kappa shape index (κ3) is 6.06. The summed E-state index contributed by atoms with van der Waals surface area (Å²) >= 11 is 0. The largest absolute Gasteiger partial charge is 0.504 e. The van der Waals surface area contributed by atoms with Gasteiger partial charge in [0.1, 0.15) is 6.61 Å². The fourth-order valence-electron chi connectivity index (χ4n) is 0.220. The lowest BCUT2D eigenvalue weighted by Crippen LogP contribution is -1.79. The van der Waals surface area contributed by atoms with Crippen LogP contribution in [0.5, 0.6) is 0 Å². The topological polar surface area (TPSA) is 26.3 Å². The molecule has 0 aromatic rings. The Bertz CT molecular complexity index is 62.7. The van der Waals surface area contributed by atoms with Crippen LogP contribution in [0.1, 0.15) is 13.3 Å². The van der Waals surface area contributed by atoms with E-state index in [4.69, 9.17) is 4.52 Å². The van der Waals surface area contributed by atoms with Crippen molar-refractivity contribution in [2.45, 2.75) is 13.3 Å². The van der Waals surface area contributed by atoms with Crippen molar-refractivity contribution in [3.63, 3.8) is 0 Å². The van der Waals surface area contributed by atoms with Crippen molar-refractivity contribution in [1.82, 2.24) is 0 Å². The monoisotopic (exact) mass is 121 g/mol. The highest BCUT2D eigenvalue weighted by Crippen LogP contribution is 2.14. The molecule has 0 fully saturated rings. The van der Waals surface area contributed by atoms with Crippen molar-refractivity contribution in [2.24, 2.45) is 0 Å². The molecule has 0 saturated carbocycles. The van der Waals surface area contributed by atoms with E-state index in [-0.39, 0.29) is 0 Å². The predicted octanol–water partition coefficient (Wildman–Crippen LogP) is 1.79. The molecule has 3 heteroatoms. The van der Waals surface area contributed by atoms with Gasteiger partial charge >= 0.3 is 8.03 Å². The molecule has 0 radical (unpaired) electrons.